The van der Waals surface area contributed by atoms with Crippen LogP contribution in [0, 0.1) is 11.3 Å². The van der Waals surface area contributed by atoms with E-state index in [-0.39, 0.29) is 0 Å². The molecule has 0 radical (unpaired) electrons. The Bertz CT molecular complexity index is 841. The van der Waals surface area contributed by atoms with Crippen LogP contribution in [-0.4, -0.2) is 9.97 Å². The lowest BCUT2D eigenvalue weighted by atomic mass is 10.2. The van der Waals surface area contributed by atoms with Crippen LogP contribution in [0.2, 0.25) is 5.15 Å². The fourth-order valence-electron chi connectivity index (χ4n) is 2.03. The zero-order chi connectivity index (χ0) is 15.4. The van der Waals surface area contributed by atoms with Crippen LogP contribution < -0.4 is 5.32 Å². The molecule has 4 nitrogen and oxygen atoms in total. The molecule has 3 rings (SSSR count). The number of para-hydroxylation sites is 1. The van der Waals surface area contributed by atoms with Gasteiger partial charge in [0.05, 0.1) is 11.3 Å². The molecule has 106 valence electrons. The van der Waals surface area contributed by atoms with Crippen molar-refractivity contribution in [3.05, 3.63) is 71.4 Å². The molecular weight excluding hydrogens is 296 g/mol. The number of hydrogen-bond acceptors (Lipinski definition) is 4. The quantitative estimate of drug-likeness (QED) is 0.728. The predicted molar refractivity (Wildman–Crippen MR) is 86.9 cm³/mol. The van der Waals surface area contributed by atoms with E-state index in [2.05, 4.69) is 21.4 Å². The van der Waals surface area contributed by atoms with Crippen LogP contribution in [0.3, 0.4) is 0 Å². The third kappa shape index (κ3) is 3.05. The second-order valence-corrected chi connectivity index (χ2v) is 4.94. The molecule has 0 amide bonds. The molecule has 2 aromatic carbocycles. The first-order valence-electron chi connectivity index (χ1n) is 6.62. The third-order valence-corrected chi connectivity index (χ3v) is 3.23. The van der Waals surface area contributed by atoms with Gasteiger partial charge in [-0.3, -0.25) is 0 Å². The molecule has 0 saturated carbocycles. The maximum absolute atomic E-state index is 9.13. The molecule has 22 heavy (non-hydrogen) atoms. The van der Waals surface area contributed by atoms with Gasteiger partial charge in [0, 0.05) is 11.6 Å². The topological polar surface area (TPSA) is 61.6 Å². The van der Waals surface area contributed by atoms with E-state index in [9.17, 15) is 0 Å². The summed E-state index contributed by atoms with van der Waals surface area (Å²) in [7, 11) is 0. The average Bonchev–Trinajstić information content (AvgIpc) is 2.56. The Morgan fingerprint density at radius 3 is 2.45 bits per heavy atom. The lowest BCUT2D eigenvalue weighted by Gasteiger charge is -2.09. The van der Waals surface area contributed by atoms with E-state index in [1.165, 1.54) is 0 Å². The minimum atomic E-state index is 0.339. The van der Waals surface area contributed by atoms with Gasteiger partial charge in [-0.25, -0.2) is 9.97 Å². The van der Waals surface area contributed by atoms with Crippen LogP contribution in [0.1, 0.15) is 5.56 Å². The first kappa shape index (κ1) is 14.1. The monoisotopic (exact) mass is 306 g/mol. The Balaban J connectivity index is 1.99. The van der Waals surface area contributed by atoms with Crippen molar-refractivity contribution in [2.45, 2.75) is 0 Å². The highest BCUT2D eigenvalue weighted by Gasteiger charge is 2.07. The van der Waals surface area contributed by atoms with Crippen LogP contribution in [0.15, 0.2) is 60.7 Å². The van der Waals surface area contributed by atoms with E-state index in [0.717, 1.165) is 5.56 Å². The molecule has 0 fully saturated rings. The van der Waals surface area contributed by atoms with Crippen molar-refractivity contribution in [3.63, 3.8) is 0 Å². The van der Waals surface area contributed by atoms with Crippen molar-refractivity contribution in [1.29, 1.82) is 5.26 Å². The van der Waals surface area contributed by atoms with Crippen molar-refractivity contribution in [1.82, 2.24) is 9.97 Å². The summed E-state index contributed by atoms with van der Waals surface area (Å²) in [4.78, 5) is 8.70. The van der Waals surface area contributed by atoms with Crippen LogP contribution in [0.5, 0.6) is 0 Å². The smallest absolute Gasteiger partial charge is 0.163 e. The Morgan fingerprint density at radius 1 is 0.955 bits per heavy atom. The van der Waals surface area contributed by atoms with E-state index in [1.54, 1.807) is 12.1 Å². The molecule has 0 saturated heterocycles. The van der Waals surface area contributed by atoms with E-state index >= 15 is 0 Å². The molecule has 0 bridgehead atoms. The first-order valence-corrected chi connectivity index (χ1v) is 7.00. The SMILES string of the molecule is N#Cc1ccccc1Nc1cc(Cl)nc(-c2ccccc2)n1. The van der Waals surface area contributed by atoms with Gasteiger partial charge < -0.3 is 5.32 Å². The Kier molecular flexibility index (Phi) is 3.99. The number of hydrogen-bond donors (Lipinski definition) is 1. The molecule has 1 N–H and O–H groups in total. The third-order valence-electron chi connectivity index (χ3n) is 3.04. The van der Waals surface area contributed by atoms with Crippen LogP contribution >= 0.6 is 11.6 Å². The maximum Gasteiger partial charge on any atom is 0.163 e. The summed E-state index contributed by atoms with van der Waals surface area (Å²) >= 11 is 6.08. The van der Waals surface area contributed by atoms with Gasteiger partial charge in [-0.15, -0.1) is 0 Å². The van der Waals surface area contributed by atoms with Crippen molar-refractivity contribution >= 4 is 23.1 Å². The minimum Gasteiger partial charge on any atom is -0.339 e. The number of rotatable bonds is 3. The second kappa shape index (κ2) is 6.25. The Labute approximate surface area is 133 Å². The molecule has 0 atom stereocenters. The summed E-state index contributed by atoms with van der Waals surface area (Å²) in [5.41, 5.74) is 2.10. The summed E-state index contributed by atoms with van der Waals surface area (Å²) < 4.78 is 0. The summed E-state index contributed by atoms with van der Waals surface area (Å²) in [6.07, 6.45) is 0. The zero-order valence-electron chi connectivity index (χ0n) is 11.5. The fourth-order valence-corrected chi connectivity index (χ4v) is 2.21. The number of nitrogens with one attached hydrogen (secondary N) is 1. The lowest BCUT2D eigenvalue weighted by molar-refractivity contribution is 1.17. The molecule has 3 aromatic rings. The standard InChI is InChI=1S/C17H11ClN4/c18-15-10-16(20-14-9-5-4-8-13(14)11-19)22-17(21-15)12-6-2-1-3-7-12/h1-10H,(H,20,21,22). The van der Waals surface area contributed by atoms with Crippen molar-refractivity contribution in [3.8, 4) is 17.5 Å². The molecule has 0 aliphatic heterocycles. The fraction of sp³-hybridized carbons (Fsp3) is 0. The lowest BCUT2D eigenvalue weighted by Crippen LogP contribution is -1.99. The van der Waals surface area contributed by atoms with Crippen molar-refractivity contribution in [2.24, 2.45) is 0 Å². The molecule has 0 aliphatic carbocycles. The average molecular weight is 307 g/mol. The molecule has 0 spiro atoms. The van der Waals surface area contributed by atoms with E-state index in [4.69, 9.17) is 16.9 Å². The van der Waals surface area contributed by atoms with Gasteiger partial charge >= 0.3 is 0 Å². The number of anilines is 2. The molecule has 0 unspecified atom stereocenters. The highest BCUT2D eigenvalue weighted by molar-refractivity contribution is 6.29. The Morgan fingerprint density at radius 2 is 1.68 bits per heavy atom. The minimum absolute atomic E-state index is 0.339. The van der Waals surface area contributed by atoms with Gasteiger partial charge in [0.15, 0.2) is 5.82 Å². The molecular formula is C17H11ClN4. The van der Waals surface area contributed by atoms with Gasteiger partial charge in [0.25, 0.3) is 0 Å². The number of nitriles is 1. The van der Waals surface area contributed by atoms with Gasteiger partial charge in [-0.2, -0.15) is 5.26 Å². The van der Waals surface area contributed by atoms with Gasteiger partial charge in [-0.1, -0.05) is 54.1 Å². The van der Waals surface area contributed by atoms with Crippen LogP contribution in [0.4, 0.5) is 11.5 Å². The molecule has 5 heteroatoms. The van der Waals surface area contributed by atoms with Crippen LogP contribution in [0.25, 0.3) is 11.4 Å². The number of benzene rings is 2. The van der Waals surface area contributed by atoms with Crippen molar-refractivity contribution < 1.29 is 0 Å². The summed E-state index contributed by atoms with van der Waals surface area (Å²) in [6.45, 7) is 0. The molecule has 1 aromatic heterocycles. The summed E-state index contributed by atoms with van der Waals surface area (Å²) in [5, 5.41) is 12.6. The normalized spacial score (nSPS) is 10.0. The second-order valence-electron chi connectivity index (χ2n) is 4.55. The Hall–Kier alpha value is -2.90. The predicted octanol–water partition coefficient (Wildman–Crippen LogP) is 4.41. The highest BCUT2D eigenvalue weighted by Crippen LogP contribution is 2.24. The number of nitrogens with zero attached hydrogens (tertiary/aromatic N) is 3. The maximum atomic E-state index is 9.13. The number of aromatic nitrogens is 2. The first-order chi connectivity index (χ1) is 10.8. The summed E-state index contributed by atoms with van der Waals surface area (Å²) in [5.74, 6) is 1.08. The summed E-state index contributed by atoms with van der Waals surface area (Å²) in [6, 6.07) is 20.6. The van der Waals surface area contributed by atoms with E-state index in [1.807, 2.05) is 48.5 Å². The largest absolute Gasteiger partial charge is 0.339 e. The van der Waals surface area contributed by atoms with E-state index in [0.29, 0.717) is 28.0 Å². The van der Waals surface area contributed by atoms with Gasteiger partial charge in [0.1, 0.15) is 17.0 Å². The van der Waals surface area contributed by atoms with Gasteiger partial charge in [0.2, 0.25) is 0 Å². The van der Waals surface area contributed by atoms with Crippen LogP contribution in [-0.2, 0) is 0 Å². The zero-order valence-corrected chi connectivity index (χ0v) is 12.2. The van der Waals surface area contributed by atoms with Gasteiger partial charge in [-0.05, 0) is 12.1 Å². The molecule has 0 aliphatic rings. The molecule has 1 heterocycles. The number of halogens is 1. The van der Waals surface area contributed by atoms with E-state index < -0.39 is 0 Å². The highest BCUT2D eigenvalue weighted by atomic mass is 35.5. The van der Waals surface area contributed by atoms with Crippen molar-refractivity contribution in [2.75, 3.05) is 5.32 Å².